The van der Waals surface area contributed by atoms with Crippen molar-refractivity contribution in [2.24, 2.45) is 5.92 Å². The van der Waals surface area contributed by atoms with Gasteiger partial charge in [0, 0.05) is 24.2 Å². The van der Waals surface area contributed by atoms with Gasteiger partial charge in [-0.05, 0) is 50.1 Å². The van der Waals surface area contributed by atoms with E-state index in [-0.39, 0.29) is 0 Å². The minimum Gasteiger partial charge on any atom is -0.390 e. The Morgan fingerprint density at radius 1 is 1.20 bits per heavy atom. The van der Waals surface area contributed by atoms with Crippen LogP contribution in [0.2, 0.25) is 0 Å². The maximum absolute atomic E-state index is 10.2. The molecule has 1 aromatic heterocycles. The van der Waals surface area contributed by atoms with E-state index in [4.69, 9.17) is 0 Å². The third-order valence-electron chi connectivity index (χ3n) is 4.43. The first-order valence-electron chi connectivity index (χ1n) is 7.82. The predicted molar refractivity (Wildman–Crippen MR) is 83.9 cm³/mol. The summed E-state index contributed by atoms with van der Waals surface area (Å²) in [5.74, 6) is 0.811. The first-order chi connectivity index (χ1) is 9.53. The van der Waals surface area contributed by atoms with Crippen LogP contribution in [0, 0.1) is 5.92 Å². The fourth-order valence-corrected chi connectivity index (χ4v) is 3.52. The molecule has 2 heteroatoms. The number of rotatable bonds is 4. The minimum atomic E-state index is -0.651. The first-order valence-corrected chi connectivity index (χ1v) is 7.82. The summed E-state index contributed by atoms with van der Waals surface area (Å²) in [6.07, 6.45) is 6.19. The lowest BCUT2D eigenvalue weighted by molar-refractivity contribution is 0.0789. The van der Waals surface area contributed by atoms with Gasteiger partial charge in [-0.3, -0.25) is 0 Å². The third-order valence-corrected chi connectivity index (χ3v) is 4.43. The molecule has 1 fully saturated rings. The summed E-state index contributed by atoms with van der Waals surface area (Å²) in [5.41, 5.74) is 1.94. The fourth-order valence-electron chi connectivity index (χ4n) is 3.52. The van der Waals surface area contributed by atoms with Gasteiger partial charge in [0.05, 0.1) is 5.60 Å². The molecule has 0 saturated heterocycles. The van der Waals surface area contributed by atoms with Crippen molar-refractivity contribution >= 4 is 10.9 Å². The van der Waals surface area contributed by atoms with Crippen molar-refractivity contribution < 1.29 is 5.11 Å². The van der Waals surface area contributed by atoms with Crippen LogP contribution in [0.4, 0.5) is 0 Å². The number of benzene rings is 1. The van der Waals surface area contributed by atoms with Crippen LogP contribution in [0.3, 0.4) is 0 Å². The van der Waals surface area contributed by atoms with E-state index in [2.05, 4.69) is 34.9 Å². The molecule has 0 atom stereocenters. The lowest BCUT2D eigenvalue weighted by Crippen LogP contribution is -2.24. The minimum absolute atomic E-state index is 0.651. The fraction of sp³-hybridized carbons (Fsp3) is 0.556. The molecule has 1 aliphatic rings. The van der Waals surface area contributed by atoms with Crippen LogP contribution >= 0.6 is 0 Å². The van der Waals surface area contributed by atoms with E-state index in [1.807, 2.05) is 13.8 Å². The quantitative estimate of drug-likeness (QED) is 0.888. The van der Waals surface area contributed by atoms with Crippen molar-refractivity contribution in [1.82, 2.24) is 4.57 Å². The van der Waals surface area contributed by atoms with Crippen molar-refractivity contribution in [2.45, 2.75) is 58.1 Å². The second-order valence-electron chi connectivity index (χ2n) is 6.94. The number of nitrogens with zero attached hydrogens (tertiary/aromatic N) is 1. The number of aromatic nitrogens is 1. The Labute approximate surface area is 121 Å². The molecule has 0 amide bonds. The van der Waals surface area contributed by atoms with Gasteiger partial charge in [0.2, 0.25) is 0 Å². The van der Waals surface area contributed by atoms with Crippen LogP contribution < -0.4 is 0 Å². The predicted octanol–water partition coefficient (Wildman–Crippen LogP) is 4.14. The first kappa shape index (κ1) is 13.7. The Morgan fingerprint density at radius 3 is 2.60 bits per heavy atom. The highest BCUT2D eigenvalue weighted by molar-refractivity contribution is 5.81. The molecule has 1 N–H and O–H groups in total. The summed E-state index contributed by atoms with van der Waals surface area (Å²) in [6.45, 7) is 4.90. The highest BCUT2D eigenvalue weighted by atomic mass is 16.3. The van der Waals surface area contributed by atoms with Crippen molar-refractivity contribution in [3.8, 4) is 0 Å². The van der Waals surface area contributed by atoms with Gasteiger partial charge in [0.1, 0.15) is 0 Å². The zero-order valence-electron chi connectivity index (χ0n) is 12.6. The molecule has 3 rings (SSSR count). The van der Waals surface area contributed by atoms with E-state index < -0.39 is 5.60 Å². The maximum atomic E-state index is 10.2. The number of hydrogen-bond donors (Lipinski definition) is 1. The van der Waals surface area contributed by atoms with Crippen LogP contribution in [0.25, 0.3) is 10.9 Å². The number of fused-ring (bicyclic) bond motifs is 1. The topological polar surface area (TPSA) is 25.2 Å². The number of para-hydroxylation sites is 1. The van der Waals surface area contributed by atoms with Crippen LogP contribution in [0.1, 0.15) is 45.2 Å². The molecule has 0 unspecified atom stereocenters. The van der Waals surface area contributed by atoms with Gasteiger partial charge >= 0.3 is 0 Å². The van der Waals surface area contributed by atoms with Crippen molar-refractivity contribution in [3.05, 3.63) is 36.0 Å². The Balaban J connectivity index is 1.98. The average molecular weight is 271 g/mol. The zero-order chi connectivity index (χ0) is 14.2. The second kappa shape index (κ2) is 5.25. The molecule has 0 bridgehead atoms. The molecule has 2 nitrogen and oxygen atoms in total. The molecular formula is C18H25NO. The molecule has 2 aromatic rings. The second-order valence-corrected chi connectivity index (χ2v) is 6.94. The highest BCUT2D eigenvalue weighted by Crippen LogP contribution is 2.30. The van der Waals surface area contributed by atoms with Crippen LogP contribution in [0.15, 0.2) is 30.3 Å². The lowest BCUT2D eigenvalue weighted by Gasteiger charge is -2.21. The number of hydrogen-bond acceptors (Lipinski definition) is 1. The summed E-state index contributed by atoms with van der Waals surface area (Å²) in [6, 6.07) is 10.8. The lowest BCUT2D eigenvalue weighted by atomic mass is 10.0. The molecule has 108 valence electrons. The Bertz CT molecular complexity index is 585. The van der Waals surface area contributed by atoms with Gasteiger partial charge in [-0.25, -0.2) is 0 Å². The van der Waals surface area contributed by atoms with Crippen molar-refractivity contribution in [2.75, 3.05) is 0 Å². The Hall–Kier alpha value is -1.28. The molecule has 20 heavy (non-hydrogen) atoms. The monoisotopic (exact) mass is 271 g/mol. The zero-order valence-corrected chi connectivity index (χ0v) is 12.6. The van der Waals surface area contributed by atoms with Gasteiger partial charge in [0.15, 0.2) is 0 Å². The van der Waals surface area contributed by atoms with Crippen LogP contribution in [0.5, 0.6) is 0 Å². The van der Waals surface area contributed by atoms with Crippen molar-refractivity contribution in [1.29, 1.82) is 0 Å². The summed E-state index contributed by atoms with van der Waals surface area (Å²) in [5, 5.41) is 11.5. The van der Waals surface area contributed by atoms with E-state index in [9.17, 15) is 5.11 Å². The van der Waals surface area contributed by atoms with Crippen LogP contribution in [-0.4, -0.2) is 15.3 Å². The smallest absolute Gasteiger partial charge is 0.0646 e. The van der Waals surface area contributed by atoms with Gasteiger partial charge < -0.3 is 9.67 Å². The van der Waals surface area contributed by atoms with Crippen molar-refractivity contribution in [3.63, 3.8) is 0 Å². The molecule has 1 heterocycles. The molecule has 0 radical (unpaired) electrons. The maximum Gasteiger partial charge on any atom is 0.0646 e. The van der Waals surface area contributed by atoms with Gasteiger partial charge in [-0.15, -0.1) is 0 Å². The summed E-state index contributed by atoms with van der Waals surface area (Å²) >= 11 is 0. The normalized spacial score (nSPS) is 17.1. The molecular weight excluding hydrogens is 246 g/mol. The van der Waals surface area contributed by atoms with Crippen LogP contribution in [-0.2, 0) is 13.0 Å². The van der Waals surface area contributed by atoms with E-state index in [0.29, 0.717) is 6.42 Å². The SMILES string of the molecule is CC(C)(O)Cc1cc2ccccc2n1CC1CCCC1. The van der Waals surface area contributed by atoms with E-state index >= 15 is 0 Å². The summed E-state index contributed by atoms with van der Waals surface area (Å²) in [7, 11) is 0. The standard InChI is InChI=1S/C18H25NO/c1-18(2,20)12-16-11-15-9-5-6-10-17(15)19(16)13-14-7-3-4-8-14/h5-6,9-11,14,20H,3-4,7-8,12-13H2,1-2H3. The van der Waals surface area contributed by atoms with E-state index in [1.54, 1.807) is 0 Å². The Kier molecular flexibility index (Phi) is 3.59. The molecule has 1 aliphatic carbocycles. The molecule has 1 aromatic carbocycles. The molecule has 0 aliphatic heterocycles. The van der Waals surface area contributed by atoms with Gasteiger partial charge in [-0.1, -0.05) is 31.0 Å². The summed E-state index contributed by atoms with van der Waals surface area (Å²) < 4.78 is 2.45. The molecule has 0 spiro atoms. The summed E-state index contributed by atoms with van der Waals surface area (Å²) in [4.78, 5) is 0. The number of aliphatic hydroxyl groups is 1. The largest absolute Gasteiger partial charge is 0.390 e. The Morgan fingerprint density at radius 2 is 1.90 bits per heavy atom. The van der Waals surface area contributed by atoms with E-state index in [0.717, 1.165) is 12.5 Å². The van der Waals surface area contributed by atoms with Gasteiger partial charge in [-0.2, -0.15) is 0 Å². The highest BCUT2D eigenvalue weighted by Gasteiger charge is 2.21. The molecule has 1 saturated carbocycles. The third kappa shape index (κ3) is 2.90. The van der Waals surface area contributed by atoms with E-state index in [1.165, 1.54) is 42.3 Å². The average Bonchev–Trinajstić information content (AvgIpc) is 2.97. The van der Waals surface area contributed by atoms with Gasteiger partial charge in [0.25, 0.3) is 0 Å².